The van der Waals surface area contributed by atoms with Crippen molar-refractivity contribution in [3.05, 3.63) is 66.2 Å². The Bertz CT molecular complexity index is 829. The highest BCUT2D eigenvalue weighted by Crippen LogP contribution is 2.33. The van der Waals surface area contributed by atoms with Crippen LogP contribution in [0.5, 0.6) is 5.75 Å². The molecule has 3 aromatic rings. The van der Waals surface area contributed by atoms with E-state index >= 15 is 0 Å². The smallest absolute Gasteiger partial charge is 0.259 e. The molecule has 0 saturated heterocycles. The Labute approximate surface area is 128 Å². The molecule has 0 radical (unpaired) electrons. The number of hydrogen-bond donors (Lipinski definition) is 3. The monoisotopic (exact) mass is 292 g/mol. The lowest BCUT2D eigenvalue weighted by Gasteiger charge is -2.11. The molecule has 0 aliphatic rings. The van der Waals surface area contributed by atoms with Crippen molar-refractivity contribution in [3.8, 4) is 5.75 Å². The summed E-state index contributed by atoms with van der Waals surface area (Å²) in [4.78, 5) is 12.3. The molecule has 0 atom stereocenters. The molecule has 4 nitrogen and oxygen atoms in total. The summed E-state index contributed by atoms with van der Waals surface area (Å²) in [7, 11) is 1.82. The van der Waals surface area contributed by atoms with E-state index in [4.69, 9.17) is 0 Å². The minimum atomic E-state index is -0.333. The zero-order valence-electron chi connectivity index (χ0n) is 12.1. The number of phenols is 1. The average Bonchev–Trinajstić information content (AvgIpc) is 2.55. The Morgan fingerprint density at radius 2 is 1.68 bits per heavy atom. The van der Waals surface area contributed by atoms with Crippen molar-refractivity contribution in [1.82, 2.24) is 0 Å². The highest BCUT2D eigenvalue weighted by molar-refractivity contribution is 6.11. The van der Waals surface area contributed by atoms with Gasteiger partial charge in [0.15, 0.2) is 0 Å². The zero-order chi connectivity index (χ0) is 15.5. The third-order valence-corrected chi connectivity index (χ3v) is 3.58. The first-order valence-corrected chi connectivity index (χ1v) is 6.99. The Kier molecular flexibility index (Phi) is 3.66. The molecule has 0 aliphatic carbocycles. The average molecular weight is 292 g/mol. The van der Waals surface area contributed by atoms with Crippen molar-refractivity contribution in [2.45, 2.75) is 0 Å². The Morgan fingerprint density at radius 1 is 0.909 bits per heavy atom. The van der Waals surface area contributed by atoms with Crippen LogP contribution in [-0.2, 0) is 0 Å². The highest BCUT2D eigenvalue weighted by Gasteiger charge is 2.15. The number of carbonyl (C=O) groups excluding carboxylic acids is 1. The molecule has 0 bridgehead atoms. The fraction of sp³-hybridized carbons (Fsp3) is 0.0556. The van der Waals surface area contributed by atoms with E-state index in [2.05, 4.69) is 10.6 Å². The van der Waals surface area contributed by atoms with Crippen molar-refractivity contribution < 1.29 is 9.90 Å². The molecular formula is C18H16N2O2. The van der Waals surface area contributed by atoms with Crippen LogP contribution in [0, 0.1) is 0 Å². The molecule has 0 aromatic heterocycles. The summed E-state index contributed by atoms with van der Waals surface area (Å²) < 4.78 is 0. The first-order valence-electron chi connectivity index (χ1n) is 6.99. The minimum Gasteiger partial charge on any atom is -0.506 e. The molecule has 3 rings (SSSR count). The second-order valence-corrected chi connectivity index (χ2v) is 4.93. The van der Waals surface area contributed by atoms with Crippen molar-refractivity contribution >= 4 is 28.1 Å². The third-order valence-electron chi connectivity index (χ3n) is 3.58. The molecule has 1 amide bonds. The fourth-order valence-corrected chi connectivity index (χ4v) is 2.46. The van der Waals surface area contributed by atoms with Gasteiger partial charge in [0, 0.05) is 29.2 Å². The number of anilines is 2. The van der Waals surface area contributed by atoms with Crippen molar-refractivity contribution in [3.63, 3.8) is 0 Å². The normalized spacial score (nSPS) is 10.4. The van der Waals surface area contributed by atoms with Gasteiger partial charge in [0.2, 0.25) is 0 Å². The van der Waals surface area contributed by atoms with Crippen molar-refractivity contribution in [1.29, 1.82) is 0 Å². The van der Waals surface area contributed by atoms with Gasteiger partial charge in [-0.1, -0.05) is 36.4 Å². The lowest BCUT2D eigenvalue weighted by Crippen LogP contribution is -2.12. The van der Waals surface area contributed by atoms with Crippen LogP contribution in [0.15, 0.2) is 60.7 Å². The zero-order valence-corrected chi connectivity index (χ0v) is 12.1. The van der Waals surface area contributed by atoms with E-state index in [0.717, 1.165) is 11.1 Å². The topological polar surface area (TPSA) is 61.4 Å². The first kappa shape index (κ1) is 13.9. The molecule has 22 heavy (non-hydrogen) atoms. The van der Waals surface area contributed by atoms with Crippen molar-refractivity contribution in [2.75, 3.05) is 17.7 Å². The second kappa shape index (κ2) is 5.77. The van der Waals surface area contributed by atoms with Gasteiger partial charge in [-0.15, -0.1) is 0 Å². The van der Waals surface area contributed by atoms with Crippen LogP contribution in [0.25, 0.3) is 10.8 Å². The van der Waals surface area contributed by atoms with Gasteiger partial charge in [0.1, 0.15) is 5.75 Å². The van der Waals surface area contributed by atoms with Crippen LogP contribution < -0.4 is 10.6 Å². The molecule has 3 aromatic carbocycles. The van der Waals surface area contributed by atoms with E-state index < -0.39 is 0 Å². The van der Waals surface area contributed by atoms with E-state index in [0.29, 0.717) is 11.1 Å². The number of hydrogen-bond acceptors (Lipinski definition) is 3. The summed E-state index contributed by atoms with van der Waals surface area (Å²) in [6, 6.07) is 18.2. The fourth-order valence-electron chi connectivity index (χ4n) is 2.46. The van der Waals surface area contributed by atoms with Crippen LogP contribution in [0.4, 0.5) is 11.4 Å². The van der Waals surface area contributed by atoms with Crippen molar-refractivity contribution in [2.24, 2.45) is 0 Å². The number of phenolic OH excluding ortho intramolecular Hbond substituents is 1. The number of aromatic hydroxyl groups is 1. The summed E-state index contributed by atoms with van der Waals surface area (Å²) in [5, 5.41) is 17.8. The van der Waals surface area contributed by atoms with Gasteiger partial charge in [-0.2, -0.15) is 0 Å². The Balaban J connectivity index is 2.01. The maximum atomic E-state index is 12.3. The molecule has 0 saturated carbocycles. The van der Waals surface area contributed by atoms with Gasteiger partial charge in [-0.05, 0) is 24.3 Å². The lowest BCUT2D eigenvalue weighted by molar-refractivity contribution is 0.102. The Hall–Kier alpha value is -3.01. The predicted molar refractivity (Wildman–Crippen MR) is 89.6 cm³/mol. The van der Waals surface area contributed by atoms with Gasteiger partial charge in [0.05, 0.1) is 5.56 Å². The molecule has 4 heteroatoms. The molecule has 3 N–H and O–H groups in total. The van der Waals surface area contributed by atoms with E-state index in [1.807, 2.05) is 43.4 Å². The largest absolute Gasteiger partial charge is 0.506 e. The maximum absolute atomic E-state index is 12.3. The summed E-state index contributed by atoms with van der Waals surface area (Å²) in [5.41, 5.74) is 1.85. The minimum absolute atomic E-state index is 0.0111. The number of benzene rings is 3. The van der Waals surface area contributed by atoms with Crippen LogP contribution in [0.1, 0.15) is 10.4 Å². The van der Waals surface area contributed by atoms with E-state index in [1.54, 1.807) is 24.3 Å². The summed E-state index contributed by atoms with van der Waals surface area (Å²) in [6.45, 7) is 0. The molecule has 0 heterocycles. The van der Waals surface area contributed by atoms with E-state index in [9.17, 15) is 9.90 Å². The number of fused-ring (bicyclic) bond motifs is 1. The predicted octanol–water partition coefficient (Wildman–Crippen LogP) is 3.84. The van der Waals surface area contributed by atoms with Gasteiger partial charge in [-0.25, -0.2) is 0 Å². The lowest BCUT2D eigenvalue weighted by atomic mass is 10.0. The van der Waals surface area contributed by atoms with E-state index in [1.165, 1.54) is 0 Å². The van der Waals surface area contributed by atoms with Gasteiger partial charge in [-0.3, -0.25) is 4.79 Å². The van der Waals surface area contributed by atoms with Crippen LogP contribution >= 0.6 is 0 Å². The number of carbonyl (C=O) groups is 1. The number of nitrogens with one attached hydrogen (secondary N) is 2. The third kappa shape index (κ3) is 2.46. The Morgan fingerprint density at radius 3 is 2.41 bits per heavy atom. The molecule has 0 unspecified atom stereocenters. The van der Waals surface area contributed by atoms with Crippen LogP contribution in [-0.4, -0.2) is 18.1 Å². The van der Waals surface area contributed by atoms with Gasteiger partial charge < -0.3 is 15.7 Å². The molecular weight excluding hydrogens is 276 g/mol. The van der Waals surface area contributed by atoms with Crippen LogP contribution in [0.3, 0.4) is 0 Å². The molecule has 0 spiro atoms. The summed E-state index contributed by atoms with van der Waals surface area (Å²) >= 11 is 0. The maximum Gasteiger partial charge on any atom is 0.259 e. The highest BCUT2D eigenvalue weighted by atomic mass is 16.3. The number of rotatable bonds is 3. The van der Waals surface area contributed by atoms with Crippen LogP contribution in [0.2, 0.25) is 0 Å². The molecule has 0 fully saturated rings. The summed E-state index contributed by atoms with van der Waals surface area (Å²) in [5.74, 6) is -0.344. The summed E-state index contributed by atoms with van der Waals surface area (Å²) in [6.07, 6.45) is 0. The quantitative estimate of drug-likeness (QED) is 0.687. The van der Waals surface area contributed by atoms with Gasteiger partial charge >= 0.3 is 0 Å². The van der Waals surface area contributed by atoms with E-state index in [-0.39, 0.29) is 17.2 Å². The molecule has 0 aliphatic heterocycles. The standard InChI is InChI=1S/C18H16N2O2/c1-19-16-9-5-8-14-13(16)10-11-15(17(14)21)18(22)20-12-6-3-2-4-7-12/h2-11,19,21H,1H3,(H,20,22). The first-order chi connectivity index (χ1) is 10.7. The number of para-hydroxylation sites is 1. The number of amides is 1. The molecule has 110 valence electrons. The van der Waals surface area contributed by atoms with Gasteiger partial charge in [0.25, 0.3) is 5.91 Å². The SMILES string of the molecule is CNc1cccc2c(O)c(C(=O)Nc3ccccc3)ccc12. The second-order valence-electron chi connectivity index (χ2n) is 4.93.